The molecule has 0 spiro atoms. The van der Waals surface area contributed by atoms with Crippen molar-refractivity contribution in [3.8, 4) is 11.6 Å². The van der Waals surface area contributed by atoms with Crippen LogP contribution in [0.1, 0.15) is 29.3 Å². The Morgan fingerprint density at radius 3 is 2.63 bits per heavy atom. The fourth-order valence-electron chi connectivity index (χ4n) is 3.92. The van der Waals surface area contributed by atoms with Crippen LogP contribution >= 0.6 is 0 Å². The van der Waals surface area contributed by atoms with E-state index in [4.69, 9.17) is 9.84 Å². The number of carbonyl (C=O) groups excluding carboxylic acids is 1. The highest BCUT2D eigenvalue weighted by atomic mass is 16.5. The molecular formula is C23H25N5O2. The van der Waals surface area contributed by atoms with Gasteiger partial charge >= 0.3 is 6.03 Å². The lowest BCUT2D eigenvalue weighted by Gasteiger charge is -2.15. The molecule has 30 heavy (non-hydrogen) atoms. The van der Waals surface area contributed by atoms with Crippen molar-refractivity contribution < 1.29 is 9.53 Å². The quantitative estimate of drug-likeness (QED) is 0.628. The molecule has 1 aromatic carbocycles. The van der Waals surface area contributed by atoms with Gasteiger partial charge in [0.25, 0.3) is 0 Å². The first-order valence-electron chi connectivity index (χ1n) is 9.92. The van der Waals surface area contributed by atoms with E-state index in [2.05, 4.69) is 34.7 Å². The maximum Gasteiger partial charge on any atom is 0.319 e. The third-order valence-corrected chi connectivity index (χ3v) is 5.33. The Labute approximate surface area is 175 Å². The highest BCUT2D eigenvalue weighted by Crippen LogP contribution is 2.33. The largest absolute Gasteiger partial charge is 0.497 e. The van der Waals surface area contributed by atoms with Gasteiger partial charge in [-0.05, 0) is 56.7 Å². The van der Waals surface area contributed by atoms with Gasteiger partial charge in [0.05, 0.1) is 12.8 Å². The van der Waals surface area contributed by atoms with Gasteiger partial charge in [0.1, 0.15) is 5.75 Å². The maximum atomic E-state index is 12.4. The van der Waals surface area contributed by atoms with E-state index in [0.717, 1.165) is 35.1 Å². The Balaban J connectivity index is 1.40. The van der Waals surface area contributed by atoms with Crippen molar-refractivity contribution in [1.29, 1.82) is 0 Å². The molecule has 4 rings (SSSR count). The first kappa shape index (κ1) is 19.7. The molecule has 2 heterocycles. The fourth-order valence-corrected chi connectivity index (χ4v) is 3.92. The molecule has 7 heteroatoms. The molecule has 0 saturated heterocycles. The summed E-state index contributed by atoms with van der Waals surface area (Å²) in [5.41, 5.74) is 3.97. The van der Waals surface area contributed by atoms with Crippen LogP contribution in [0.3, 0.4) is 0 Å². The molecule has 1 aliphatic rings. The number of nitrogens with one attached hydrogen (secondary N) is 2. The zero-order chi connectivity index (χ0) is 21.1. The second-order valence-corrected chi connectivity index (χ2v) is 7.34. The summed E-state index contributed by atoms with van der Waals surface area (Å²) in [6.07, 6.45) is 6.77. The van der Waals surface area contributed by atoms with Crippen molar-refractivity contribution in [3.05, 3.63) is 77.8 Å². The van der Waals surface area contributed by atoms with Crippen LogP contribution in [0.5, 0.6) is 5.75 Å². The summed E-state index contributed by atoms with van der Waals surface area (Å²) in [5, 5.41) is 10.6. The van der Waals surface area contributed by atoms with Gasteiger partial charge in [-0.15, -0.1) is 0 Å². The van der Waals surface area contributed by atoms with E-state index in [-0.39, 0.29) is 18.0 Å². The molecule has 2 N–H and O–H groups in total. The summed E-state index contributed by atoms with van der Waals surface area (Å²) >= 11 is 0. The van der Waals surface area contributed by atoms with E-state index in [1.807, 2.05) is 54.1 Å². The van der Waals surface area contributed by atoms with Crippen molar-refractivity contribution in [3.63, 3.8) is 0 Å². The minimum atomic E-state index is -0.229. The Kier molecular flexibility index (Phi) is 5.52. The molecule has 0 aliphatic heterocycles. The van der Waals surface area contributed by atoms with Gasteiger partial charge in [-0.2, -0.15) is 5.10 Å². The van der Waals surface area contributed by atoms with Gasteiger partial charge in [0.2, 0.25) is 0 Å². The smallest absolute Gasteiger partial charge is 0.319 e. The third kappa shape index (κ3) is 4.05. The summed E-state index contributed by atoms with van der Waals surface area (Å²) in [6, 6.07) is 12.8. The standard InChI is InChI=1S/C23H25N5O2/c1-15-22(16(2)28(27-15)21-6-4-5-13-24-21)17-7-8-19(14-17)26-23(29)25-18-9-11-20(30-3)12-10-18/h4-13,17,19H,14H2,1-3H3,(H2,25,26,29). The van der Waals surface area contributed by atoms with E-state index in [0.29, 0.717) is 0 Å². The molecule has 154 valence electrons. The summed E-state index contributed by atoms with van der Waals surface area (Å²) in [4.78, 5) is 16.8. The number of methoxy groups -OCH3 is 1. The molecule has 2 amide bonds. The van der Waals surface area contributed by atoms with E-state index in [1.165, 1.54) is 5.56 Å². The molecule has 0 fully saturated rings. The number of nitrogens with zero attached hydrogens (tertiary/aromatic N) is 3. The Hall–Kier alpha value is -3.61. The monoisotopic (exact) mass is 403 g/mol. The van der Waals surface area contributed by atoms with E-state index >= 15 is 0 Å². The van der Waals surface area contributed by atoms with E-state index in [9.17, 15) is 4.79 Å². The van der Waals surface area contributed by atoms with Gasteiger partial charge in [-0.25, -0.2) is 14.5 Å². The van der Waals surface area contributed by atoms with Crippen LogP contribution in [0, 0.1) is 13.8 Å². The third-order valence-electron chi connectivity index (χ3n) is 5.33. The molecule has 0 saturated carbocycles. The van der Waals surface area contributed by atoms with Gasteiger partial charge in [-0.3, -0.25) is 0 Å². The molecule has 1 aliphatic carbocycles. The number of rotatable bonds is 5. The number of ether oxygens (including phenoxy) is 1. The lowest BCUT2D eigenvalue weighted by molar-refractivity contribution is 0.250. The Morgan fingerprint density at radius 2 is 1.93 bits per heavy atom. The summed E-state index contributed by atoms with van der Waals surface area (Å²) in [6.45, 7) is 4.09. The number of allylic oxidation sites excluding steroid dienone is 1. The van der Waals surface area contributed by atoms with Crippen LogP contribution in [0.15, 0.2) is 60.8 Å². The van der Waals surface area contributed by atoms with E-state index < -0.39 is 0 Å². The molecule has 2 unspecified atom stereocenters. The highest BCUT2D eigenvalue weighted by molar-refractivity contribution is 5.89. The molecule has 2 aromatic heterocycles. The fraction of sp³-hybridized carbons (Fsp3) is 0.261. The summed E-state index contributed by atoms with van der Waals surface area (Å²) < 4.78 is 7.02. The highest BCUT2D eigenvalue weighted by Gasteiger charge is 2.27. The van der Waals surface area contributed by atoms with Crippen LogP contribution in [0.4, 0.5) is 10.5 Å². The molecule has 0 bridgehead atoms. The first-order valence-corrected chi connectivity index (χ1v) is 9.92. The number of hydrogen-bond donors (Lipinski definition) is 2. The van der Waals surface area contributed by atoms with Crippen molar-refractivity contribution in [2.75, 3.05) is 12.4 Å². The average molecular weight is 403 g/mol. The number of pyridine rings is 1. The lowest BCUT2D eigenvalue weighted by Crippen LogP contribution is -2.36. The molecule has 2 atom stereocenters. The SMILES string of the molecule is COc1ccc(NC(=O)NC2C=CC(c3c(C)nn(-c4ccccn4)c3C)C2)cc1. The number of aryl methyl sites for hydroxylation is 1. The Bertz CT molecular complexity index is 1060. The minimum Gasteiger partial charge on any atom is -0.497 e. The van der Waals surface area contributed by atoms with Gasteiger partial charge in [0.15, 0.2) is 5.82 Å². The van der Waals surface area contributed by atoms with Gasteiger partial charge in [0, 0.05) is 35.1 Å². The van der Waals surface area contributed by atoms with Crippen LogP contribution in [0.2, 0.25) is 0 Å². The van der Waals surface area contributed by atoms with Crippen LogP contribution < -0.4 is 15.4 Å². The average Bonchev–Trinajstić information content (AvgIpc) is 3.32. The van der Waals surface area contributed by atoms with Crippen LogP contribution in [-0.4, -0.2) is 33.9 Å². The van der Waals surface area contributed by atoms with Gasteiger partial charge < -0.3 is 15.4 Å². The van der Waals surface area contributed by atoms with Crippen LogP contribution in [-0.2, 0) is 0 Å². The van der Waals surface area contributed by atoms with Crippen LogP contribution in [0.25, 0.3) is 5.82 Å². The zero-order valence-corrected chi connectivity index (χ0v) is 17.3. The lowest BCUT2D eigenvalue weighted by atomic mass is 9.96. The predicted molar refractivity (Wildman–Crippen MR) is 116 cm³/mol. The molecule has 3 aromatic rings. The van der Waals surface area contributed by atoms with E-state index in [1.54, 1.807) is 13.3 Å². The van der Waals surface area contributed by atoms with Crippen molar-refractivity contribution >= 4 is 11.7 Å². The number of anilines is 1. The first-order chi connectivity index (χ1) is 14.5. The van der Waals surface area contributed by atoms with Crippen molar-refractivity contribution in [2.24, 2.45) is 0 Å². The molecule has 0 radical (unpaired) electrons. The van der Waals surface area contributed by atoms with Crippen molar-refractivity contribution in [2.45, 2.75) is 32.2 Å². The number of hydrogen-bond acceptors (Lipinski definition) is 4. The summed E-state index contributed by atoms with van der Waals surface area (Å²) in [7, 11) is 1.61. The van der Waals surface area contributed by atoms with Gasteiger partial charge in [-0.1, -0.05) is 18.2 Å². The number of urea groups is 1. The minimum absolute atomic E-state index is 0.0368. The summed E-state index contributed by atoms with van der Waals surface area (Å²) in [5.74, 6) is 1.76. The molecule has 7 nitrogen and oxygen atoms in total. The maximum absolute atomic E-state index is 12.4. The zero-order valence-electron chi connectivity index (χ0n) is 17.3. The van der Waals surface area contributed by atoms with Crippen molar-refractivity contribution in [1.82, 2.24) is 20.1 Å². The second-order valence-electron chi connectivity index (χ2n) is 7.34. The number of amides is 2. The second kappa shape index (κ2) is 8.41. The number of carbonyl (C=O) groups is 1. The predicted octanol–water partition coefficient (Wildman–Crippen LogP) is 4.13. The number of aromatic nitrogens is 3. The number of benzene rings is 1. The normalized spacial score (nSPS) is 17.7. The Morgan fingerprint density at radius 1 is 1.13 bits per heavy atom. The topological polar surface area (TPSA) is 81.1 Å². The molecular weight excluding hydrogens is 378 g/mol.